The first-order valence-electron chi connectivity index (χ1n) is 10.3. The number of ether oxygens (including phenoxy) is 1. The first kappa shape index (κ1) is 19.8. The van der Waals surface area contributed by atoms with Crippen molar-refractivity contribution in [3.05, 3.63) is 89.6 Å². The third kappa shape index (κ3) is 3.94. The monoisotopic (exact) mass is 398 g/mol. The number of carbonyl (C=O) groups excluding carboxylic acids is 1. The Labute approximate surface area is 176 Å². The van der Waals surface area contributed by atoms with Crippen LogP contribution in [0, 0.1) is 6.92 Å². The van der Waals surface area contributed by atoms with Gasteiger partial charge in [0, 0.05) is 22.2 Å². The maximum Gasteiger partial charge on any atom is 0.207 e. The largest absolute Gasteiger partial charge is 0.489 e. The summed E-state index contributed by atoms with van der Waals surface area (Å²) in [4.78, 5) is 14.6. The first-order valence-corrected chi connectivity index (χ1v) is 10.3. The SMILES string of the molecule is CCC(NC=O)c1ccccc1-c1c(C)[nH]c2ccc(OCc3ccccc3)cc12. The number of benzene rings is 3. The summed E-state index contributed by atoms with van der Waals surface area (Å²) in [5.74, 6) is 0.835. The van der Waals surface area contributed by atoms with Crippen molar-refractivity contribution in [2.45, 2.75) is 32.9 Å². The fourth-order valence-electron chi connectivity index (χ4n) is 4.02. The first-order chi connectivity index (χ1) is 14.7. The summed E-state index contributed by atoms with van der Waals surface area (Å²) in [5, 5.41) is 4.07. The van der Waals surface area contributed by atoms with Crippen molar-refractivity contribution < 1.29 is 9.53 Å². The van der Waals surface area contributed by atoms with E-state index < -0.39 is 0 Å². The van der Waals surface area contributed by atoms with E-state index in [1.165, 1.54) is 0 Å². The number of amides is 1. The topological polar surface area (TPSA) is 54.1 Å². The maximum absolute atomic E-state index is 11.1. The summed E-state index contributed by atoms with van der Waals surface area (Å²) in [5.41, 5.74) is 6.70. The molecule has 0 fully saturated rings. The van der Waals surface area contributed by atoms with Crippen molar-refractivity contribution >= 4 is 17.3 Å². The maximum atomic E-state index is 11.1. The van der Waals surface area contributed by atoms with Crippen LogP contribution in [0.1, 0.15) is 36.2 Å². The molecule has 4 nitrogen and oxygen atoms in total. The van der Waals surface area contributed by atoms with Crippen LogP contribution in [0.15, 0.2) is 72.8 Å². The average molecular weight is 399 g/mol. The molecule has 0 aliphatic carbocycles. The van der Waals surface area contributed by atoms with Gasteiger partial charge in [0.15, 0.2) is 0 Å². The van der Waals surface area contributed by atoms with Crippen molar-refractivity contribution in [1.82, 2.24) is 10.3 Å². The van der Waals surface area contributed by atoms with Crippen LogP contribution in [0.3, 0.4) is 0 Å². The van der Waals surface area contributed by atoms with Crippen LogP contribution >= 0.6 is 0 Å². The summed E-state index contributed by atoms with van der Waals surface area (Å²) < 4.78 is 6.07. The summed E-state index contributed by atoms with van der Waals surface area (Å²) in [6.07, 6.45) is 1.60. The average Bonchev–Trinajstić information content (AvgIpc) is 3.11. The molecule has 0 saturated heterocycles. The molecule has 0 saturated carbocycles. The van der Waals surface area contributed by atoms with Gasteiger partial charge in [0.05, 0.1) is 6.04 Å². The molecular formula is C26H26N2O2. The Morgan fingerprint density at radius 2 is 1.80 bits per heavy atom. The number of nitrogens with one attached hydrogen (secondary N) is 2. The van der Waals surface area contributed by atoms with Crippen LogP contribution < -0.4 is 10.1 Å². The quantitative estimate of drug-likeness (QED) is 0.362. The number of carbonyl (C=O) groups is 1. The highest BCUT2D eigenvalue weighted by Gasteiger charge is 2.18. The van der Waals surface area contributed by atoms with Crippen LogP contribution in [-0.4, -0.2) is 11.4 Å². The predicted octanol–water partition coefficient (Wildman–Crippen LogP) is 5.92. The van der Waals surface area contributed by atoms with E-state index in [2.05, 4.69) is 60.5 Å². The molecule has 1 amide bonds. The lowest BCUT2D eigenvalue weighted by Gasteiger charge is -2.19. The molecule has 152 valence electrons. The van der Waals surface area contributed by atoms with Crippen molar-refractivity contribution in [2.75, 3.05) is 0 Å². The lowest BCUT2D eigenvalue weighted by molar-refractivity contribution is -0.110. The standard InChI is InChI=1S/C26H26N2O2/c1-3-24(27-17-29)21-11-7-8-12-22(21)26-18(2)28-25-14-13-20(15-23(25)26)30-16-19-9-5-4-6-10-19/h4-15,17,24,28H,3,16H2,1-2H3,(H,27,29). The van der Waals surface area contributed by atoms with Crippen molar-refractivity contribution in [2.24, 2.45) is 0 Å². The van der Waals surface area contributed by atoms with Gasteiger partial charge in [-0.25, -0.2) is 0 Å². The Bertz CT molecular complexity index is 1150. The Balaban J connectivity index is 1.75. The number of fused-ring (bicyclic) bond motifs is 1. The van der Waals surface area contributed by atoms with E-state index in [-0.39, 0.29) is 6.04 Å². The van der Waals surface area contributed by atoms with Gasteiger partial charge in [-0.05, 0) is 48.2 Å². The van der Waals surface area contributed by atoms with E-state index in [1.54, 1.807) is 0 Å². The molecule has 0 aliphatic rings. The number of hydrogen-bond acceptors (Lipinski definition) is 2. The third-order valence-corrected chi connectivity index (χ3v) is 5.49. The fourth-order valence-corrected chi connectivity index (χ4v) is 4.02. The Kier molecular flexibility index (Phi) is 5.84. The van der Waals surface area contributed by atoms with E-state index in [0.717, 1.165) is 57.4 Å². The van der Waals surface area contributed by atoms with Crippen LogP contribution in [-0.2, 0) is 11.4 Å². The van der Waals surface area contributed by atoms with Crippen molar-refractivity contribution in [3.8, 4) is 16.9 Å². The number of rotatable bonds is 8. The smallest absolute Gasteiger partial charge is 0.207 e. The lowest BCUT2D eigenvalue weighted by atomic mass is 9.92. The minimum Gasteiger partial charge on any atom is -0.489 e. The Hall–Kier alpha value is -3.53. The zero-order valence-electron chi connectivity index (χ0n) is 17.3. The molecule has 0 spiro atoms. The molecule has 1 aromatic heterocycles. The zero-order chi connectivity index (χ0) is 20.9. The zero-order valence-corrected chi connectivity index (χ0v) is 17.3. The highest BCUT2D eigenvalue weighted by atomic mass is 16.5. The van der Waals surface area contributed by atoms with Gasteiger partial charge < -0.3 is 15.0 Å². The highest BCUT2D eigenvalue weighted by molar-refractivity contribution is 5.99. The van der Waals surface area contributed by atoms with Gasteiger partial charge in [-0.2, -0.15) is 0 Å². The van der Waals surface area contributed by atoms with Crippen LogP contribution in [0.4, 0.5) is 0 Å². The summed E-state index contributed by atoms with van der Waals surface area (Å²) in [7, 11) is 0. The van der Waals surface area contributed by atoms with E-state index in [0.29, 0.717) is 6.61 Å². The second-order valence-corrected chi connectivity index (χ2v) is 7.44. The molecular weight excluding hydrogens is 372 g/mol. The molecule has 2 N–H and O–H groups in total. The lowest BCUT2D eigenvalue weighted by Crippen LogP contribution is -2.19. The van der Waals surface area contributed by atoms with Gasteiger partial charge >= 0.3 is 0 Å². The highest BCUT2D eigenvalue weighted by Crippen LogP contribution is 2.38. The van der Waals surface area contributed by atoms with E-state index >= 15 is 0 Å². The molecule has 0 aliphatic heterocycles. The molecule has 4 heteroatoms. The number of aromatic amines is 1. The predicted molar refractivity (Wildman–Crippen MR) is 121 cm³/mol. The minimum absolute atomic E-state index is 0.0273. The molecule has 1 heterocycles. The molecule has 4 aromatic rings. The number of aromatic nitrogens is 1. The van der Waals surface area contributed by atoms with Gasteiger partial charge in [0.25, 0.3) is 0 Å². The summed E-state index contributed by atoms with van der Waals surface area (Å²) >= 11 is 0. The van der Waals surface area contributed by atoms with Gasteiger partial charge in [-0.3, -0.25) is 4.79 Å². The van der Waals surface area contributed by atoms with E-state index in [4.69, 9.17) is 4.74 Å². The third-order valence-electron chi connectivity index (χ3n) is 5.49. The van der Waals surface area contributed by atoms with E-state index in [9.17, 15) is 4.79 Å². The number of aryl methyl sites for hydroxylation is 1. The number of H-pyrrole nitrogens is 1. The summed E-state index contributed by atoms with van der Waals surface area (Å²) in [6.45, 7) is 4.70. The molecule has 4 rings (SSSR count). The van der Waals surface area contributed by atoms with Crippen LogP contribution in [0.2, 0.25) is 0 Å². The van der Waals surface area contributed by atoms with Crippen molar-refractivity contribution in [3.63, 3.8) is 0 Å². The molecule has 1 unspecified atom stereocenters. The summed E-state index contributed by atoms with van der Waals surface area (Å²) in [6, 6.07) is 24.6. The second kappa shape index (κ2) is 8.87. The van der Waals surface area contributed by atoms with Gasteiger partial charge in [-0.15, -0.1) is 0 Å². The van der Waals surface area contributed by atoms with Crippen LogP contribution in [0.5, 0.6) is 5.75 Å². The molecule has 0 radical (unpaired) electrons. The molecule has 3 aromatic carbocycles. The van der Waals surface area contributed by atoms with Crippen molar-refractivity contribution in [1.29, 1.82) is 0 Å². The Morgan fingerprint density at radius 3 is 2.57 bits per heavy atom. The molecule has 1 atom stereocenters. The normalized spacial score (nSPS) is 11.9. The minimum atomic E-state index is -0.0273. The number of hydrogen-bond donors (Lipinski definition) is 2. The van der Waals surface area contributed by atoms with E-state index in [1.807, 2.05) is 36.4 Å². The van der Waals surface area contributed by atoms with Gasteiger partial charge in [0.2, 0.25) is 6.41 Å². The van der Waals surface area contributed by atoms with Crippen LogP contribution in [0.25, 0.3) is 22.0 Å². The molecule has 30 heavy (non-hydrogen) atoms. The second-order valence-electron chi connectivity index (χ2n) is 7.44. The fraction of sp³-hybridized carbons (Fsp3) is 0.192. The van der Waals surface area contributed by atoms with Gasteiger partial charge in [-0.1, -0.05) is 61.5 Å². The molecule has 0 bridgehead atoms. The van der Waals surface area contributed by atoms with Gasteiger partial charge in [0.1, 0.15) is 12.4 Å². The Morgan fingerprint density at radius 1 is 1.03 bits per heavy atom.